The van der Waals surface area contributed by atoms with Crippen molar-refractivity contribution in [3.8, 4) is 6.07 Å². The zero-order valence-electron chi connectivity index (χ0n) is 5.53. The number of rotatable bonds is 1. The van der Waals surface area contributed by atoms with Crippen molar-refractivity contribution in [1.29, 1.82) is 5.26 Å². The Morgan fingerprint density at radius 1 is 1.70 bits per heavy atom. The van der Waals surface area contributed by atoms with Gasteiger partial charge in [0.25, 0.3) is 0 Å². The summed E-state index contributed by atoms with van der Waals surface area (Å²) in [5, 5.41) is 8.55. The molecular formula is C7H6N2S. The van der Waals surface area contributed by atoms with Gasteiger partial charge in [-0.3, -0.25) is 4.98 Å². The van der Waals surface area contributed by atoms with E-state index in [1.807, 2.05) is 12.3 Å². The van der Waals surface area contributed by atoms with Crippen LogP contribution in [-0.2, 0) is 0 Å². The number of hydrogen-bond acceptors (Lipinski definition) is 3. The second-order valence-corrected chi connectivity index (χ2v) is 2.54. The maximum atomic E-state index is 8.55. The van der Waals surface area contributed by atoms with E-state index in [0.29, 0.717) is 5.56 Å². The lowest BCUT2D eigenvalue weighted by molar-refractivity contribution is 1.23. The smallest absolute Gasteiger partial charge is 0.102 e. The SMILES string of the molecule is CSc1ccncc1C#N. The summed E-state index contributed by atoms with van der Waals surface area (Å²) in [6.07, 6.45) is 5.20. The normalized spacial score (nSPS) is 8.80. The van der Waals surface area contributed by atoms with Crippen molar-refractivity contribution >= 4 is 11.8 Å². The fourth-order valence-corrected chi connectivity index (χ4v) is 1.16. The number of aromatic nitrogens is 1. The molecule has 1 aromatic rings. The van der Waals surface area contributed by atoms with E-state index in [1.54, 1.807) is 24.2 Å². The highest BCUT2D eigenvalue weighted by Crippen LogP contribution is 2.16. The molecule has 0 spiro atoms. The fraction of sp³-hybridized carbons (Fsp3) is 0.143. The first-order chi connectivity index (χ1) is 4.88. The summed E-state index contributed by atoms with van der Waals surface area (Å²) in [5.41, 5.74) is 0.648. The van der Waals surface area contributed by atoms with Gasteiger partial charge in [-0.05, 0) is 12.3 Å². The van der Waals surface area contributed by atoms with Crippen molar-refractivity contribution in [2.75, 3.05) is 6.26 Å². The molecule has 0 radical (unpaired) electrons. The van der Waals surface area contributed by atoms with E-state index in [-0.39, 0.29) is 0 Å². The maximum Gasteiger partial charge on any atom is 0.102 e. The lowest BCUT2D eigenvalue weighted by Gasteiger charge is -1.94. The third-order valence-corrected chi connectivity index (χ3v) is 1.92. The average molecular weight is 150 g/mol. The molecule has 0 aliphatic rings. The maximum absolute atomic E-state index is 8.55. The molecule has 0 N–H and O–H groups in total. The fourth-order valence-electron chi connectivity index (χ4n) is 0.644. The third-order valence-electron chi connectivity index (χ3n) is 1.12. The van der Waals surface area contributed by atoms with Gasteiger partial charge < -0.3 is 0 Å². The van der Waals surface area contributed by atoms with Crippen molar-refractivity contribution in [2.24, 2.45) is 0 Å². The second kappa shape index (κ2) is 3.23. The zero-order valence-corrected chi connectivity index (χ0v) is 6.35. The third kappa shape index (κ3) is 1.28. The van der Waals surface area contributed by atoms with Crippen LogP contribution >= 0.6 is 11.8 Å². The standard InChI is InChI=1S/C7H6N2S/c1-10-7-2-3-9-5-6(7)4-8/h2-3,5H,1H3. The number of nitriles is 1. The first-order valence-electron chi connectivity index (χ1n) is 2.76. The van der Waals surface area contributed by atoms with Crippen LogP contribution in [0, 0.1) is 11.3 Å². The summed E-state index contributed by atoms with van der Waals surface area (Å²) >= 11 is 1.56. The van der Waals surface area contributed by atoms with Crippen LogP contribution < -0.4 is 0 Å². The highest BCUT2D eigenvalue weighted by atomic mass is 32.2. The zero-order chi connectivity index (χ0) is 7.40. The predicted molar refractivity (Wildman–Crippen MR) is 40.7 cm³/mol. The molecule has 0 atom stereocenters. The first kappa shape index (κ1) is 7.10. The van der Waals surface area contributed by atoms with Crippen LogP contribution in [0.2, 0.25) is 0 Å². The average Bonchev–Trinajstić information content (AvgIpc) is 2.04. The molecule has 0 fully saturated rings. The van der Waals surface area contributed by atoms with Crippen LogP contribution in [0.5, 0.6) is 0 Å². The Kier molecular flexibility index (Phi) is 2.30. The van der Waals surface area contributed by atoms with Crippen molar-refractivity contribution in [2.45, 2.75) is 4.90 Å². The summed E-state index contributed by atoms with van der Waals surface area (Å²) in [4.78, 5) is 4.81. The van der Waals surface area contributed by atoms with Gasteiger partial charge in [-0.25, -0.2) is 0 Å². The number of nitrogens with zero attached hydrogens (tertiary/aromatic N) is 2. The van der Waals surface area contributed by atoms with E-state index < -0.39 is 0 Å². The van der Waals surface area contributed by atoms with Crippen molar-refractivity contribution in [1.82, 2.24) is 4.98 Å². The van der Waals surface area contributed by atoms with Crippen LogP contribution in [0.3, 0.4) is 0 Å². The van der Waals surface area contributed by atoms with E-state index >= 15 is 0 Å². The number of pyridine rings is 1. The first-order valence-corrected chi connectivity index (χ1v) is 3.99. The van der Waals surface area contributed by atoms with Crippen LogP contribution in [0.4, 0.5) is 0 Å². The molecular weight excluding hydrogens is 144 g/mol. The van der Waals surface area contributed by atoms with Gasteiger partial charge in [-0.2, -0.15) is 5.26 Å². The Balaban J connectivity index is 3.12. The van der Waals surface area contributed by atoms with Gasteiger partial charge in [0.1, 0.15) is 6.07 Å². The summed E-state index contributed by atoms with van der Waals surface area (Å²) in [7, 11) is 0. The topological polar surface area (TPSA) is 36.7 Å². The van der Waals surface area contributed by atoms with Gasteiger partial charge in [0.2, 0.25) is 0 Å². The summed E-state index contributed by atoms with van der Waals surface area (Å²) in [5.74, 6) is 0. The Hall–Kier alpha value is -1.01. The van der Waals surface area contributed by atoms with E-state index in [1.165, 1.54) is 0 Å². The predicted octanol–water partition coefficient (Wildman–Crippen LogP) is 1.68. The molecule has 1 aromatic heterocycles. The van der Waals surface area contributed by atoms with Gasteiger partial charge in [-0.1, -0.05) is 0 Å². The monoisotopic (exact) mass is 150 g/mol. The molecule has 0 amide bonds. The molecule has 10 heavy (non-hydrogen) atoms. The van der Waals surface area contributed by atoms with Gasteiger partial charge in [-0.15, -0.1) is 11.8 Å². The van der Waals surface area contributed by atoms with Crippen molar-refractivity contribution < 1.29 is 0 Å². The summed E-state index contributed by atoms with van der Waals surface area (Å²) < 4.78 is 0. The van der Waals surface area contributed by atoms with E-state index in [0.717, 1.165) is 4.90 Å². The van der Waals surface area contributed by atoms with Crippen LogP contribution in [0.1, 0.15) is 5.56 Å². The van der Waals surface area contributed by atoms with Crippen molar-refractivity contribution in [3.05, 3.63) is 24.0 Å². The largest absolute Gasteiger partial charge is 0.263 e. The molecule has 2 nitrogen and oxygen atoms in total. The molecule has 1 rings (SSSR count). The number of thioether (sulfide) groups is 1. The lowest BCUT2D eigenvalue weighted by atomic mass is 10.3. The quantitative estimate of drug-likeness (QED) is 0.571. The van der Waals surface area contributed by atoms with Crippen LogP contribution in [-0.4, -0.2) is 11.2 Å². The van der Waals surface area contributed by atoms with E-state index in [4.69, 9.17) is 5.26 Å². The van der Waals surface area contributed by atoms with Gasteiger partial charge in [0, 0.05) is 17.3 Å². The number of hydrogen-bond donors (Lipinski definition) is 0. The highest BCUT2D eigenvalue weighted by molar-refractivity contribution is 7.98. The molecule has 1 heterocycles. The van der Waals surface area contributed by atoms with Crippen LogP contribution in [0.15, 0.2) is 23.4 Å². The Morgan fingerprint density at radius 3 is 3.00 bits per heavy atom. The van der Waals surface area contributed by atoms with Gasteiger partial charge in [0.05, 0.1) is 5.56 Å². The van der Waals surface area contributed by atoms with Crippen LogP contribution in [0.25, 0.3) is 0 Å². The lowest BCUT2D eigenvalue weighted by Crippen LogP contribution is -1.80. The Bertz CT molecular complexity index is 265. The van der Waals surface area contributed by atoms with E-state index in [9.17, 15) is 0 Å². The molecule has 0 saturated carbocycles. The molecule has 0 saturated heterocycles. The molecule has 0 aromatic carbocycles. The molecule has 3 heteroatoms. The minimum absolute atomic E-state index is 0.648. The molecule has 0 aliphatic carbocycles. The summed E-state index contributed by atoms with van der Waals surface area (Å²) in [6, 6.07) is 3.90. The summed E-state index contributed by atoms with van der Waals surface area (Å²) in [6.45, 7) is 0. The Labute approximate surface area is 63.9 Å². The minimum atomic E-state index is 0.648. The second-order valence-electron chi connectivity index (χ2n) is 1.69. The van der Waals surface area contributed by atoms with Gasteiger partial charge in [0.15, 0.2) is 0 Å². The highest BCUT2D eigenvalue weighted by Gasteiger charge is 1.96. The van der Waals surface area contributed by atoms with Gasteiger partial charge >= 0.3 is 0 Å². The van der Waals surface area contributed by atoms with E-state index in [2.05, 4.69) is 11.1 Å². The molecule has 0 unspecified atom stereocenters. The minimum Gasteiger partial charge on any atom is -0.263 e. The molecule has 0 bridgehead atoms. The molecule has 50 valence electrons. The van der Waals surface area contributed by atoms with Crippen molar-refractivity contribution in [3.63, 3.8) is 0 Å². The molecule has 0 aliphatic heterocycles. The Morgan fingerprint density at radius 2 is 2.50 bits per heavy atom.